The first-order valence-corrected chi connectivity index (χ1v) is 14.7. The molecule has 0 spiro atoms. The van der Waals surface area contributed by atoms with E-state index in [1.54, 1.807) is 12.7 Å². The first-order valence-electron chi connectivity index (χ1n) is 14.7. The SMILES string of the molecule is CCCCCC1=CC2CCC(CCC3CCC(CCCCC(CO)COC)CC3)CC2C=C1. The predicted octanol–water partition coefficient (Wildman–Crippen LogP) is 8.50. The monoisotopic (exact) mass is 458 g/mol. The largest absolute Gasteiger partial charge is 0.396 e. The maximum atomic E-state index is 9.40. The van der Waals surface area contributed by atoms with Crippen LogP contribution in [0, 0.1) is 35.5 Å². The van der Waals surface area contributed by atoms with Gasteiger partial charge >= 0.3 is 0 Å². The number of fused-ring (bicyclic) bond motifs is 1. The first-order chi connectivity index (χ1) is 16.2. The molecule has 0 amide bonds. The van der Waals surface area contributed by atoms with Crippen LogP contribution in [-0.4, -0.2) is 25.4 Å². The summed E-state index contributed by atoms with van der Waals surface area (Å²) < 4.78 is 5.20. The maximum Gasteiger partial charge on any atom is 0.0512 e. The highest BCUT2D eigenvalue weighted by Gasteiger charge is 2.30. The number of methoxy groups -OCH3 is 1. The van der Waals surface area contributed by atoms with Crippen molar-refractivity contribution in [1.29, 1.82) is 0 Å². The maximum absolute atomic E-state index is 9.40. The highest BCUT2D eigenvalue weighted by molar-refractivity contribution is 5.26. The average molecular weight is 459 g/mol. The van der Waals surface area contributed by atoms with Crippen LogP contribution in [-0.2, 0) is 4.74 Å². The fraction of sp³-hybridized carbons (Fsp3) is 0.871. The molecule has 0 saturated heterocycles. The van der Waals surface area contributed by atoms with Crippen LogP contribution in [0.25, 0.3) is 0 Å². The Morgan fingerprint density at radius 3 is 2.33 bits per heavy atom. The number of allylic oxidation sites excluding steroid dienone is 4. The number of aliphatic hydroxyl groups excluding tert-OH is 1. The predicted molar refractivity (Wildman–Crippen MR) is 141 cm³/mol. The van der Waals surface area contributed by atoms with Gasteiger partial charge in [-0.1, -0.05) is 101 Å². The third kappa shape index (κ3) is 9.52. The zero-order valence-electron chi connectivity index (χ0n) is 22.0. The molecular formula is C31H54O2. The van der Waals surface area contributed by atoms with Gasteiger partial charge in [0.2, 0.25) is 0 Å². The number of aliphatic hydroxyl groups is 1. The molecule has 4 atom stereocenters. The van der Waals surface area contributed by atoms with Gasteiger partial charge in [0, 0.05) is 19.6 Å². The number of hydrogen-bond donors (Lipinski definition) is 1. The molecule has 0 aliphatic heterocycles. The van der Waals surface area contributed by atoms with Crippen molar-refractivity contribution in [3.63, 3.8) is 0 Å². The Kier molecular flexibility index (Phi) is 12.6. The van der Waals surface area contributed by atoms with Crippen LogP contribution >= 0.6 is 0 Å². The number of rotatable bonds is 15. The van der Waals surface area contributed by atoms with Crippen LogP contribution < -0.4 is 0 Å². The molecule has 0 radical (unpaired) electrons. The molecule has 2 nitrogen and oxygen atoms in total. The minimum absolute atomic E-state index is 0.272. The van der Waals surface area contributed by atoms with E-state index in [0.29, 0.717) is 12.5 Å². The van der Waals surface area contributed by atoms with Crippen molar-refractivity contribution < 1.29 is 9.84 Å². The Balaban J connectivity index is 1.25. The van der Waals surface area contributed by atoms with Crippen molar-refractivity contribution in [3.8, 4) is 0 Å². The molecule has 3 aliphatic rings. The Morgan fingerprint density at radius 2 is 1.61 bits per heavy atom. The zero-order valence-corrected chi connectivity index (χ0v) is 22.0. The van der Waals surface area contributed by atoms with Gasteiger partial charge in [0.25, 0.3) is 0 Å². The van der Waals surface area contributed by atoms with Crippen LogP contribution in [0.5, 0.6) is 0 Å². The van der Waals surface area contributed by atoms with Gasteiger partial charge in [-0.3, -0.25) is 0 Å². The van der Waals surface area contributed by atoms with Crippen molar-refractivity contribution in [1.82, 2.24) is 0 Å². The van der Waals surface area contributed by atoms with Crippen molar-refractivity contribution in [3.05, 3.63) is 23.8 Å². The average Bonchev–Trinajstić information content (AvgIpc) is 2.85. The Bertz CT molecular complexity index is 571. The Morgan fingerprint density at radius 1 is 0.879 bits per heavy atom. The van der Waals surface area contributed by atoms with Gasteiger partial charge in [-0.25, -0.2) is 0 Å². The zero-order chi connectivity index (χ0) is 23.3. The minimum Gasteiger partial charge on any atom is -0.396 e. The van der Waals surface area contributed by atoms with Crippen molar-refractivity contribution in [2.24, 2.45) is 35.5 Å². The number of ether oxygens (including phenoxy) is 1. The summed E-state index contributed by atoms with van der Waals surface area (Å²) in [4.78, 5) is 0. The Hall–Kier alpha value is -0.600. The topological polar surface area (TPSA) is 29.5 Å². The van der Waals surface area contributed by atoms with Gasteiger partial charge in [0.15, 0.2) is 0 Å². The van der Waals surface area contributed by atoms with Gasteiger partial charge in [-0.2, -0.15) is 0 Å². The summed E-state index contributed by atoms with van der Waals surface area (Å²) in [6, 6.07) is 0. The van der Waals surface area contributed by atoms with Crippen LogP contribution in [0.2, 0.25) is 0 Å². The molecule has 2 saturated carbocycles. The molecule has 0 aromatic carbocycles. The smallest absolute Gasteiger partial charge is 0.0512 e. The van der Waals surface area contributed by atoms with E-state index in [1.807, 2.05) is 0 Å². The van der Waals surface area contributed by atoms with Crippen molar-refractivity contribution in [2.45, 2.75) is 116 Å². The molecule has 0 aromatic heterocycles. The molecule has 4 unspecified atom stereocenters. The first kappa shape index (κ1) is 27.0. The molecule has 3 aliphatic carbocycles. The third-order valence-corrected chi connectivity index (χ3v) is 9.20. The van der Waals surface area contributed by atoms with E-state index in [-0.39, 0.29) is 6.61 Å². The molecule has 33 heavy (non-hydrogen) atoms. The van der Waals surface area contributed by atoms with E-state index in [1.165, 1.54) is 103 Å². The van der Waals surface area contributed by atoms with Crippen LogP contribution in [0.1, 0.15) is 116 Å². The summed E-state index contributed by atoms with van der Waals surface area (Å²) in [5, 5.41) is 9.40. The van der Waals surface area contributed by atoms with E-state index < -0.39 is 0 Å². The fourth-order valence-corrected chi connectivity index (χ4v) is 6.94. The molecule has 0 bridgehead atoms. The summed E-state index contributed by atoms with van der Waals surface area (Å²) in [5.74, 6) is 4.98. The van der Waals surface area contributed by atoms with E-state index in [9.17, 15) is 5.11 Å². The van der Waals surface area contributed by atoms with Crippen LogP contribution in [0.4, 0.5) is 0 Å². The molecular weight excluding hydrogens is 404 g/mol. The summed E-state index contributed by atoms with van der Waals surface area (Å²) in [5.41, 5.74) is 1.63. The molecule has 0 aromatic rings. The highest BCUT2D eigenvalue weighted by atomic mass is 16.5. The molecule has 3 rings (SSSR count). The molecule has 190 valence electrons. The second kappa shape index (κ2) is 15.4. The van der Waals surface area contributed by atoms with Crippen molar-refractivity contribution in [2.75, 3.05) is 20.3 Å². The van der Waals surface area contributed by atoms with E-state index in [4.69, 9.17) is 4.74 Å². The normalized spacial score (nSPS) is 30.6. The summed E-state index contributed by atoms with van der Waals surface area (Å²) in [6.07, 6.45) is 31.4. The Labute approximate surface area is 205 Å². The lowest BCUT2D eigenvalue weighted by Gasteiger charge is -2.36. The van der Waals surface area contributed by atoms with E-state index in [0.717, 1.165) is 36.0 Å². The highest BCUT2D eigenvalue weighted by Crippen LogP contribution is 2.42. The van der Waals surface area contributed by atoms with E-state index in [2.05, 4.69) is 25.2 Å². The van der Waals surface area contributed by atoms with Gasteiger partial charge in [-0.05, 0) is 68.1 Å². The summed E-state index contributed by atoms with van der Waals surface area (Å²) in [7, 11) is 1.74. The van der Waals surface area contributed by atoms with E-state index >= 15 is 0 Å². The second-order valence-electron chi connectivity index (χ2n) is 11.8. The van der Waals surface area contributed by atoms with Gasteiger partial charge in [-0.15, -0.1) is 0 Å². The third-order valence-electron chi connectivity index (χ3n) is 9.20. The molecule has 2 fully saturated rings. The minimum atomic E-state index is 0.272. The lowest BCUT2D eigenvalue weighted by atomic mass is 9.69. The van der Waals surface area contributed by atoms with Gasteiger partial charge in [0.1, 0.15) is 0 Å². The lowest BCUT2D eigenvalue weighted by molar-refractivity contribution is 0.103. The number of hydrogen-bond acceptors (Lipinski definition) is 2. The van der Waals surface area contributed by atoms with Crippen LogP contribution in [0.3, 0.4) is 0 Å². The quantitative estimate of drug-likeness (QED) is 0.249. The summed E-state index contributed by atoms with van der Waals surface area (Å²) >= 11 is 0. The van der Waals surface area contributed by atoms with Crippen molar-refractivity contribution >= 4 is 0 Å². The summed E-state index contributed by atoms with van der Waals surface area (Å²) in [6.45, 7) is 3.28. The van der Waals surface area contributed by atoms with Gasteiger partial charge < -0.3 is 9.84 Å². The lowest BCUT2D eigenvalue weighted by Crippen LogP contribution is -2.25. The van der Waals surface area contributed by atoms with Gasteiger partial charge in [0.05, 0.1) is 6.61 Å². The molecule has 2 heteroatoms. The standard InChI is InChI=1S/C31H54O2/c1-3-4-5-9-27-17-19-31-22-28(18-20-30(31)21-27)16-15-26-13-11-25(12-14-26)8-6-7-10-29(23-32)24-33-2/h17,19,21,25-26,28-32H,3-16,18,20,22-24H2,1-2H3. The fourth-order valence-electron chi connectivity index (χ4n) is 6.94. The second-order valence-corrected chi connectivity index (χ2v) is 11.8. The number of unbranched alkanes of at least 4 members (excludes halogenated alkanes) is 3. The molecule has 0 heterocycles. The van der Waals surface area contributed by atoms with Crippen LogP contribution in [0.15, 0.2) is 23.8 Å². The molecule has 1 N–H and O–H groups in total.